The molecule has 2 heteroatoms. The van der Waals surface area contributed by atoms with Crippen LogP contribution in [0.15, 0.2) is 91.0 Å². The molecule has 1 saturated heterocycles. The van der Waals surface area contributed by atoms with Crippen LogP contribution >= 0.6 is 0 Å². The summed E-state index contributed by atoms with van der Waals surface area (Å²) in [7, 11) is 0. The minimum absolute atomic E-state index is 0.0355. The maximum Gasteiger partial charge on any atom is 0.167 e. The molecule has 1 saturated carbocycles. The standard InChI is InChI=1S/C31H35NO/c1-23-29(24-14-6-2-7-15-24)28(31(33)26-18-10-4-11-19-26)22-32(27-20-12-5-13-21-27)30(23)25-16-8-3-9-17-25/h2-4,6-11,14-19,23,27-30H,5,12-13,20-22H2,1H3/t23-,28+,29-,30+/m1/s1. The van der Waals surface area contributed by atoms with Crippen molar-refractivity contribution >= 4 is 5.78 Å². The average Bonchev–Trinajstić information content (AvgIpc) is 2.89. The number of nitrogens with zero attached hydrogens (tertiary/aromatic N) is 1. The average molecular weight is 438 g/mol. The summed E-state index contributed by atoms with van der Waals surface area (Å²) in [5.74, 6) is 0.794. The molecule has 0 unspecified atom stereocenters. The number of ketones is 1. The van der Waals surface area contributed by atoms with E-state index in [0.29, 0.717) is 23.8 Å². The number of hydrogen-bond acceptors (Lipinski definition) is 2. The molecule has 2 nitrogen and oxygen atoms in total. The van der Waals surface area contributed by atoms with Crippen molar-refractivity contribution in [1.29, 1.82) is 0 Å². The summed E-state index contributed by atoms with van der Waals surface area (Å²) in [6, 6.07) is 32.6. The molecule has 3 aromatic carbocycles. The number of rotatable bonds is 5. The van der Waals surface area contributed by atoms with Crippen molar-refractivity contribution in [1.82, 2.24) is 4.90 Å². The molecule has 170 valence electrons. The van der Waals surface area contributed by atoms with Crippen molar-refractivity contribution in [3.63, 3.8) is 0 Å². The van der Waals surface area contributed by atoms with E-state index in [1.54, 1.807) is 0 Å². The monoisotopic (exact) mass is 437 g/mol. The summed E-state index contributed by atoms with van der Waals surface area (Å²) in [6.07, 6.45) is 6.44. The fraction of sp³-hybridized carbons (Fsp3) is 0.387. The van der Waals surface area contributed by atoms with Crippen LogP contribution in [0.5, 0.6) is 0 Å². The summed E-state index contributed by atoms with van der Waals surface area (Å²) < 4.78 is 0. The van der Waals surface area contributed by atoms with Crippen LogP contribution in [0.3, 0.4) is 0 Å². The quantitative estimate of drug-likeness (QED) is 0.390. The Morgan fingerprint density at radius 1 is 0.727 bits per heavy atom. The van der Waals surface area contributed by atoms with Gasteiger partial charge in [0.15, 0.2) is 5.78 Å². The molecule has 3 aromatic rings. The normalized spacial score (nSPS) is 26.7. The van der Waals surface area contributed by atoms with E-state index in [0.717, 1.165) is 12.1 Å². The van der Waals surface area contributed by atoms with Gasteiger partial charge in [-0.25, -0.2) is 0 Å². The molecule has 2 fully saturated rings. The lowest BCUT2D eigenvalue weighted by Crippen LogP contribution is -2.53. The van der Waals surface area contributed by atoms with Crippen molar-refractivity contribution in [2.75, 3.05) is 6.54 Å². The van der Waals surface area contributed by atoms with Gasteiger partial charge in [0.1, 0.15) is 0 Å². The molecule has 0 aromatic heterocycles. The Balaban J connectivity index is 1.59. The first kappa shape index (κ1) is 22.1. The van der Waals surface area contributed by atoms with Crippen LogP contribution in [-0.2, 0) is 0 Å². The molecular weight excluding hydrogens is 402 g/mol. The molecule has 0 bridgehead atoms. The Morgan fingerprint density at radius 2 is 1.27 bits per heavy atom. The topological polar surface area (TPSA) is 20.3 Å². The molecule has 1 aliphatic carbocycles. The Labute approximate surface area is 198 Å². The Kier molecular flexibility index (Phi) is 6.73. The van der Waals surface area contributed by atoms with Gasteiger partial charge in [0.2, 0.25) is 0 Å². The van der Waals surface area contributed by atoms with Gasteiger partial charge in [-0.05, 0) is 35.8 Å². The highest BCUT2D eigenvalue weighted by Crippen LogP contribution is 2.49. The fourth-order valence-corrected chi connectivity index (χ4v) is 6.53. The van der Waals surface area contributed by atoms with Crippen LogP contribution in [0, 0.1) is 11.8 Å². The van der Waals surface area contributed by atoms with Crippen LogP contribution < -0.4 is 0 Å². The largest absolute Gasteiger partial charge is 0.294 e. The number of piperidine rings is 1. The highest BCUT2D eigenvalue weighted by atomic mass is 16.1. The summed E-state index contributed by atoms with van der Waals surface area (Å²) in [5, 5.41) is 0. The van der Waals surface area contributed by atoms with Crippen molar-refractivity contribution in [3.8, 4) is 0 Å². The molecule has 0 amide bonds. The zero-order chi connectivity index (χ0) is 22.6. The van der Waals surface area contributed by atoms with E-state index in [1.165, 1.54) is 43.2 Å². The van der Waals surface area contributed by atoms with E-state index in [4.69, 9.17) is 0 Å². The van der Waals surface area contributed by atoms with Gasteiger partial charge in [-0.15, -0.1) is 0 Å². The predicted octanol–water partition coefficient (Wildman–Crippen LogP) is 7.30. The molecule has 2 aliphatic rings. The zero-order valence-corrected chi connectivity index (χ0v) is 19.6. The van der Waals surface area contributed by atoms with Gasteiger partial charge in [0.05, 0.1) is 0 Å². The van der Waals surface area contributed by atoms with E-state index in [-0.39, 0.29) is 11.8 Å². The molecule has 4 atom stereocenters. The molecular formula is C31H35NO. The number of Topliss-reactive ketones (excluding diaryl/α,β-unsaturated/α-hetero) is 1. The van der Waals surface area contributed by atoms with E-state index >= 15 is 0 Å². The third-order valence-corrected chi connectivity index (χ3v) is 8.03. The highest BCUT2D eigenvalue weighted by Gasteiger charge is 2.47. The van der Waals surface area contributed by atoms with Crippen LogP contribution in [0.4, 0.5) is 0 Å². The predicted molar refractivity (Wildman–Crippen MR) is 135 cm³/mol. The highest BCUT2D eigenvalue weighted by molar-refractivity contribution is 5.98. The smallest absolute Gasteiger partial charge is 0.167 e. The first-order valence-corrected chi connectivity index (χ1v) is 12.7. The van der Waals surface area contributed by atoms with Crippen molar-refractivity contribution in [3.05, 3.63) is 108 Å². The fourth-order valence-electron chi connectivity index (χ4n) is 6.53. The molecule has 5 rings (SSSR count). The van der Waals surface area contributed by atoms with Gasteiger partial charge in [0, 0.05) is 30.1 Å². The third-order valence-electron chi connectivity index (χ3n) is 8.03. The summed E-state index contributed by atoms with van der Waals surface area (Å²) in [5.41, 5.74) is 3.53. The molecule has 33 heavy (non-hydrogen) atoms. The maximum atomic E-state index is 14.0. The molecule has 0 spiro atoms. The van der Waals surface area contributed by atoms with Crippen LogP contribution in [0.25, 0.3) is 0 Å². The van der Waals surface area contributed by atoms with Crippen LogP contribution in [0.2, 0.25) is 0 Å². The summed E-state index contributed by atoms with van der Waals surface area (Å²) >= 11 is 0. The van der Waals surface area contributed by atoms with Crippen molar-refractivity contribution in [2.45, 2.75) is 57.0 Å². The van der Waals surface area contributed by atoms with Crippen molar-refractivity contribution in [2.24, 2.45) is 11.8 Å². The Hall–Kier alpha value is -2.71. The van der Waals surface area contributed by atoms with E-state index in [1.807, 2.05) is 30.3 Å². The lowest BCUT2D eigenvalue weighted by Gasteiger charge is -2.52. The number of benzene rings is 3. The molecule has 1 heterocycles. The first-order chi connectivity index (χ1) is 16.2. The van der Waals surface area contributed by atoms with E-state index in [2.05, 4.69) is 72.5 Å². The second kappa shape index (κ2) is 10.1. The summed E-state index contributed by atoms with van der Waals surface area (Å²) in [4.78, 5) is 16.7. The molecule has 1 aliphatic heterocycles. The number of hydrogen-bond donors (Lipinski definition) is 0. The van der Waals surface area contributed by atoms with E-state index in [9.17, 15) is 4.79 Å². The number of carbonyl (C=O) groups excluding carboxylic acids is 1. The summed E-state index contributed by atoms with van der Waals surface area (Å²) in [6.45, 7) is 3.22. The first-order valence-electron chi connectivity index (χ1n) is 12.7. The third kappa shape index (κ3) is 4.54. The minimum atomic E-state index is -0.0355. The van der Waals surface area contributed by atoms with E-state index < -0.39 is 0 Å². The number of carbonyl (C=O) groups is 1. The Bertz CT molecular complexity index is 1030. The van der Waals surface area contributed by atoms with Gasteiger partial charge in [-0.3, -0.25) is 9.69 Å². The van der Waals surface area contributed by atoms with Crippen LogP contribution in [-0.4, -0.2) is 23.3 Å². The van der Waals surface area contributed by atoms with Gasteiger partial charge >= 0.3 is 0 Å². The van der Waals surface area contributed by atoms with Gasteiger partial charge in [0.25, 0.3) is 0 Å². The molecule has 0 radical (unpaired) electrons. The van der Waals surface area contributed by atoms with Crippen molar-refractivity contribution < 1.29 is 4.79 Å². The SMILES string of the molecule is C[C@@H]1[C@H](c2ccccc2)[C@@H](C(=O)c2ccccc2)CN(C2CCCCC2)[C@@H]1c1ccccc1. The minimum Gasteiger partial charge on any atom is -0.294 e. The van der Waals surface area contributed by atoms with Gasteiger partial charge in [-0.1, -0.05) is 117 Å². The lowest BCUT2D eigenvalue weighted by atomic mass is 9.66. The lowest BCUT2D eigenvalue weighted by molar-refractivity contribution is 0.000184. The van der Waals surface area contributed by atoms with Crippen LogP contribution in [0.1, 0.15) is 72.5 Å². The van der Waals surface area contributed by atoms with Gasteiger partial charge < -0.3 is 0 Å². The Morgan fingerprint density at radius 3 is 1.88 bits per heavy atom. The second-order valence-electron chi connectivity index (χ2n) is 9.98. The zero-order valence-electron chi connectivity index (χ0n) is 19.6. The van der Waals surface area contributed by atoms with Gasteiger partial charge in [-0.2, -0.15) is 0 Å². The number of likely N-dealkylation sites (tertiary alicyclic amines) is 1. The molecule has 0 N–H and O–H groups in total. The second-order valence-corrected chi connectivity index (χ2v) is 9.98. The maximum absolute atomic E-state index is 14.0.